The van der Waals surface area contributed by atoms with E-state index >= 15 is 0 Å². The van der Waals surface area contributed by atoms with Crippen LogP contribution in [0, 0.1) is 5.92 Å². The summed E-state index contributed by atoms with van der Waals surface area (Å²) in [5.74, 6) is 0.303. The van der Waals surface area contributed by atoms with Crippen molar-refractivity contribution in [1.82, 2.24) is 15.6 Å². The number of pyridine rings is 1. The van der Waals surface area contributed by atoms with E-state index < -0.39 is 0 Å². The molecule has 74 valence electrons. The van der Waals surface area contributed by atoms with Crippen molar-refractivity contribution < 1.29 is 4.79 Å². The molecule has 0 spiro atoms. The second-order valence-corrected chi connectivity index (χ2v) is 3.43. The van der Waals surface area contributed by atoms with Crippen LogP contribution in [-0.2, 0) is 11.3 Å². The van der Waals surface area contributed by atoms with Crippen molar-refractivity contribution >= 4 is 5.91 Å². The molecule has 1 aliphatic rings. The van der Waals surface area contributed by atoms with E-state index in [9.17, 15) is 4.79 Å². The predicted octanol–water partition coefficient (Wildman–Crippen LogP) is -0.0828. The third kappa shape index (κ3) is 2.09. The minimum Gasteiger partial charge on any atom is -0.352 e. The zero-order valence-electron chi connectivity index (χ0n) is 7.86. The maximum absolute atomic E-state index is 11.4. The van der Waals surface area contributed by atoms with Crippen molar-refractivity contribution in [2.75, 3.05) is 13.1 Å². The lowest BCUT2D eigenvalue weighted by Crippen LogP contribution is -2.50. The van der Waals surface area contributed by atoms with Gasteiger partial charge in [-0.15, -0.1) is 0 Å². The van der Waals surface area contributed by atoms with E-state index in [2.05, 4.69) is 15.6 Å². The Bertz CT molecular complexity index is 308. The lowest BCUT2D eigenvalue weighted by Gasteiger charge is -2.25. The van der Waals surface area contributed by atoms with Crippen molar-refractivity contribution in [1.29, 1.82) is 0 Å². The molecule has 0 aromatic carbocycles. The molecule has 1 fully saturated rings. The van der Waals surface area contributed by atoms with Crippen LogP contribution in [0.25, 0.3) is 0 Å². The zero-order chi connectivity index (χ0) is 9.80. The van der Waals surface area contributed by atoms with Gasteiger partial charge >= 0.3 is 0 Å². The number of carbonyl (C=O) groups is 1. The lowest BCUT2D eigenvalue weighted by molar-refractivity contribution is -0.126. The summed E-state index contributed by atoms with van der Waals surface area (Å²) in [7, 11) is 0. The van der Waals surface area contributed by atoms with Gasteiger partial charge < -0.3 is 10.6 Å². The molecule has 14 heavy (non-hydrogen) atoms. The number of aromatic nitrogens is 1. The third-order valence-corrected chi connectivity index (χ3v) is 2.37. The summed E-state index contributed by atoms with van der Waals surface area (Å²) in [5, 5.41) is 5.96. The van der Waals surface area contributed by atoms with Gasteiger partial charge in [0.1, 0.15) is 0 Å². The molecule has 1 amide bonds. The fraction of sp³-hybridized carbons (Fsp3) is 0.400. The summed E-state index contributed by atoms with van der Waals surface area (Å²) >= 11 is 0. The Morgan fingerprint density at radius 2 is 2.21 bits per heavy atom. The second kappa shape index (κ2) is 4.19. The molecule has 0 unspecified atom stereocenters. The normalized spacial score (nSPS) is 16.0. The molecule has 2 N–H and O–H groups in total. The SMILES string of the molecule is O=C(NCc1ccncc1)C1CNC1. The van der Waals surface area contributed by atoms with Crippen LogP contribution in [0.1, 0.15) is 5.56 Å². The van der Waals surface area contributed by atoms with E-state index in [0.717, 1.165) is 18.7 Å². The average Bonchev–Trinajstić information content (AvgIpc) is 2.14. The lowest BCUT2D eigenvalue weighted by atomic mass is 10.0. The molecule has 1 saturated heterocycles. The first-order valence-corrected chi connectivity index (χ1v) is 4.73. The summed E-state index contributed by atoms with van der Waals surface area (Å²) in [6.45, 7) is 2.21. The number of amides is 1. The first-order valence-electron chi connectivity index (χ1n) is 4.73. The molecule has 4 nitrogen and oxygen atoms in total. The van der Waals surface area contributed by atoms with Gasteiger partial charge in [0.2, 0.25) is 5.91 Å². The van der Waals surface area contributed by atoms with Gasteiger partial charge in [-0.2, -0.15) is 0 Å². The van der Waals surface area contributed by atoms with Gasteiger partial charge in [-0.3, -0.25) is 9.78 Å². The van der Waals surface area contributed by atoms with Gasteiger partial charge in [0.15, 0.2) is 0 Å². The van der Waals surface area contributed by atoms with E-state index in [1.807, 2.05) is 12.1 Å². The van der Waals surface area contributed by atoms with E-state index in [-0.39, 0.29) is 11.8 Å². The van der Waals surface area contributed by atoms with Gasteiger partial charge in [-0.25, -0.2) is 0 Å². The fourth-order valence-corrected chi connectivity index (χ4v) is 1.31. The van der Waals surface area contributed by atoms with E-state index in [0.29, 0.717) is 6.54 Å². The van der Waals surface area contributed by atoms with E-state index in [1.54, 1.807) is 12.4 Å². The summed E-state index contributed by atoms with van der Waals surface area (Å²) in [6, 6.07) is 3.80. The number of hydrogen-bond acceptors (Lipinski definition) is 3. The minimum atomic E-state index is 0.139. The Kier molecular flexibility index (Phi) is 2.74. The van der Waals surface area contributed by atoms with Crippen LogP contribution >= 0.6 is 0 Å². The molecule has 2 rings (SSSR count). The second-order valence-electron chi connectivity index (χ2n) is 3.43. The maximum Gasteiger partial charge on any atom is 0.225 e. The molecular formula is C10H13N3O. The quantitative estimate of drug-likeness (QED) is 0.702. The highest BCUT2D eigenvalue weighted by molar-refractivity contribution is 5.79. The number of nitrogens with zero attached hydrogens (tertiary/aromatic N) is 1. The highest BCUT2D eigenvalue weighted by Gasteiger charge is 2.24. The maximum atomic E-state index is 11.4. The molecule has 2 heterocycles. The molecule has 4 heteroatoms. The molecule has 0 radical (unpaired) electrons. The predicted molar refractivity (Wildman–Crippen MR) is 52.4 cm³/mol. The standard InChI is InChI=1S/C10H13N3O/c14-10(9-6-12-7-9)13-5-8-1-3-11-4-2-8/h1-4,9,12H,5-7H2,(H,13,14). The highest BCUT2D eigenvalue weighted by atomic mass is 16.2. The van der Waals surface area contributed by atoms with Gasteiger partial charge in [-0.05, 0) is 17.7 Å². The monoisotopic (exact) mass is 191 g/mol. The third-order valence-electron chi connectivity index (χ3n) is 2.37. The average molecular weight is 191 g/mol. The van der Waals surface area contributed by atoms with Crippen LogP contribution < -0.4 is 10.6 Å². The Labute approximate surface area is 82.7 Å². The van der Waals surface area contributed by atoms with Crippen LogP contribution in [0.2, 0.25) is 0 Å². The summed E-state index contributed by atoms with van der Waals surface area (Å²) in [6.07, 6.45) is 3.46. The molecule has 0 saturated carbocycles. The van der Waals surface area contributed by atoms with Crippen molar-refractivity contribution in [2.45, 2.75) is 6.54 Å². The van der Waals surface area contributed by atoms with E-state index in [4.69, 9.17) is 0 Å². The zero-order valence-corrected chi connectivity index (χ0v) is 7.86. The van der Waals surface area contributed by atoms with Crippen molar-refractivity contribution in [3.8, 4) is 0 Å². The van der Waals surface area contributed by atoms with E-state index in [1.165, 1.54) is 0 Å². The molecule has 1 aromatic heterocycles. The van der Waals surface area contributed by atoms with Crippen LogP contribution in [0.15, 0.2) is 24.5 Å². The van der Waals surface area contributed by atoms with Crippen molar-refractivity contribution in [2.24, 2.45) is 5.92 Å². The molecule has 0 atom stereocenters. The van der Waals surface area contributed by atoms with Crippen LogP contribution in [0.5, 0.6) is 0 Å². The van der Waals surface area contributed by atoms with Crippen molar-refractivity contribution in [3.63, 3.8) is 0 Å². The first-order chi connectivity index (χ1) is 6.86. The van der Waals surface area contributed by atoms with Crippen LogP contribution in [-0.4, -0.2) is 24.0 Å². The Balaban J connectivity index is 1.79. The van der Waals surface area contributed by atoms with Crippen LogP contribution in [0.3, 0.4) is 0 Å². The fourth-order valence-electron chi connectivity index (χ4n) is 1.31. The molecule has 0 bridgehead atoms. The summed E-state index contributed by atoms with van der Waals surface area (Å²) < 4.78 is 0. The Morgan fingerprint density at radius 3 is 2.79 bits per heavy atom. The van der Waals surface area contributed by atoms with Crippen molar-refractivity contribution in [3.05, 3.63) is 30.1 Å². The van der Waals surface area contributed by atoms with Crippen LogP contribution in [0.4, 0.5) is 0 Å². The molecule has 0 aliphatic carbocycles. The number of hydrogen-bond donors (Lipinski definition) is 2. The first kappa shape index (κ1) is 9.15. The number of rotatable bonds is 3. The molecule has 1 aromatic rings. The van der Waals surface area contributed by atoms with Gasteiger partial charge in [0, 0.05) is 32.0 Å². The topological polar surface area (TPSA) is 54.0 Å². The smallest absolute Gasteiger partial charge is 0.225 e. The summed E-state index contributed by atoms with van der Waals surface area (Å²) in [5.41, 5.74) is 1.08. The largest absolute Gasteiger partial charge is 0.352 e. The number of carbonyl (C=O) groups excluding carboxylic acids is 1. The summed E-state index contributed by atoms with van der Waals surface area (Å²) in [4.78, 5) is 15.3. The number of nitrogens with one attached hydrogen (secondary N) is 2. The van der Waals surface area contributed by atoms with Gasteiger partial charge in [0.25, 0.3) is 0 Å². The molecular weight excluding hydrogens is 178 g/mol. The minimum absolute atomic E-state index is 0.139. The van der Waals surface area contributed by atoms with Gasteiger partial charge in [0.05, 0.1) is 5.92 Å². The van der Waals surface area contributed by atoms with Gasteiger partial charge in [-0.1, -0.05) is 0 Å². The Morgan fingerprint density at radius 1 is 1.50 bits per heavy atom. The highest BCUT2D eigenvalue weighted by Crippen LogP contribution is 2.03. The Hall–Kier alpha value is -1.42. The molecule has 1 aliphatic heterocycles.